The van der Waals surface area contributed by atoms with Crippen LogP contribution in [0.25, 0.3) is 11.0 Å². The first kappa shape index (κ1) is 14.7. The molecule has 0 saturated carbocycles. The number of benzene rings is 1. The standard InChI is InChI=1S/C12H18N2P4/c1-2-3-6-11-12(18(16)17-15)14-10-8-5-4-7-9(10)13-11/h4-5,7-8,17H,2-3,6,15-16H2,1H3. The molecule has 0 aliphatic rings. The van der Waals surface area contributed by atoms with Crippen molar-refractivity contribution in [2.24, 2.45) is 0 Å². The fourth-order valence-electron chi connectivity index (χ4n) is 1.79. The number of hydrogen-bond acceptors (Lipinski definition) is 2. The number of fused-ring (bicyclic) bond motifs is 1. The van der Waals surface area contributed by atoms with E-state index in [9.17, 15) is 0 Å². The quantitative estimate of drug-likeness (QED) is 0.771. The zero-order valence-electron chi connectivity index (χ0n) is 10.4. The van der Waals surface area contributed by atoms with Crippen LogP contribution in [-0.4, -0.2) is 9.97 Å². The van der Waals surface area contributed by atoms with Crippen molar-refractivity contribution in [2.75, 3.05) is 0 Å². The summed E-state index contributed by atoms with van der Waals surface area (Å²) in [6.07, 6.45) is 3.44. The van der Waals surface area contributed by atoms with Crippen molar-refractivity contribution in [3.63, 3.8) is 0 Å². The minimum atomic E-state index is -0.250. The van der Waals surface area contributed by atoms with E-state index in [1.54, 1.807) is 0 Å². The maximum absolute atomic E-state index is 4.84. The first-order valence-corrected chi connectivity index (χ1v) is 12.6. The molecule has 18 heavy (non-hydrogen) atoms. The number of hydrogen-bond donors (Lipinski definition) is 0. The van der Waals surface area contributed by atoms with Crippen LogP contribution in [0.4, 0.5) is 0 Å². The van der Waals surface area contributed by atoms with E-state index in [-0.39, 0.29) is 7.30 Å². The summed E-state index contributed by atoms with van der Waals surface area (Å²) in [7, 11) is 6.37. The maximum Gasteiger partial charge on any atom is 0.0934 e. The Bertz CT molecular complexity index is 532. The Morgan fingerprint density at radius 1 is 1.22 bits per heavy atom. The van der Waals surface area contributed by atoms with Gasteiger partial charge in [-0.1, -0.05) is 33.4 Å². The Balaban J connectivity index is 2.49. The Morgan fingerprint density at radius 3 is 2.50 bits per heavy atom. The first-order chi connectivity index (χ1) is 8.76. The number of para-hydroxylation sites is 2. The number of aromatic nitrogens is 2. The van der Waals surface area contributed by atoms with Crippen LogP contribution in [0.15, 0.2) is 24.3 Å². The molecule has 0 saturated heterocycles. The molecule has 0 N–H and O–H groups in total. The van der Waals surface area contributed by atoms with E-state index >= 15 is 0 Å². The van der Waals surface area contributed by atoms with Gasteiger partial charge < -0.3 is 0 Å². The minimum Gasteiger partial charge on any atom is -0.249 e. The van der Waals surface area contributed by atoms with Crippen molar-refractivity contribution in [2.45, 2.75) is 26.2 Å². The summed E-state index contributed by atoms with van der Waals surface area (Å²) in [6, 6.07) is 8.16. The van der Waals surface area contributed by atoms with Crippen LogP contribution in [0.1, 0.15) is 25.5 Å². The molecule has 0 fully saturated rings. The summed E-state index contributed by atoms with van der Waals surface area (Å²) in [5.74, 6) is 0. The third kappa shape index (κ3) is 3.43. The van der Waals surface area contributed by atoms with Crippen LogP contribution in [0.2, 0.25) is 0 Å². The molecule has 2 nitrogen and oxygen atoms in total. The van der Waals surface area contributed by atoms with Crippen molar-refractivity contribution in [3.05, 3.63) is 30.0 Å². The lowest BCUT2D eigenvalue weighted by Crippen LogP contribution is -2.13. The third-order valence-electron chi connectivity index (χ3n) is 2.76. The molecule has 1 heterocycles. The lowest BCUT2D eigenvalue weighted by Gasteiger charge is -2.14. The monoisotopic (exact) mass is 314 g/mol. The summed E-state index contributed by atoms with van der Waals surface area (Å²) in [5, 5.41) is 0. The van der Waals surface area contributed by atoms with Gasteiger partial charge in [0.2, 0.25) is 0 Å². The molecule has 0 aliphatic carbocycles. The molecule has 1 aromatic heterocycles. The lowest BCUT2D eigenvalue weighted by atomic mass is 10.2. The summed E-state index contributed by atoms with van der Waals surface area (Å²) in [6.45, 7) is 2.22. The second-order valence-electron chi connectivity index (χ2n) is 4.09. The van der Waals surface area contributed by atoms with Crippen molar-refractivity contribution < 1.29 is 0 Å². The number of nitrogens with zero attached hydrogens (tertiary/aromatic N) is 2. The van der Waals surface area contributed by atoms with E-state index < -0.39 is 0 Å². The summed E-state index contributed by atoms with van der Waals surface area (Å²) >= 11 is 0. The highest BCUT2D eigenvalue weighted by Crippen LogP contribution is 2.64. The third-order valence-corrected chi connectivity index (χ3v) is 12.6. The summed E-state index contributed by atoms with van der Waals surface area (Å²) < 4.78 is 0. The fourth-order valence-corrected chi connectivity index (χ4v) is 5.20. The lowest BCUT2D eigenvalue weighted by molar-refractivity contribution is 0.781. The Labute approximate surface area is 116 Å². The average Bonchev–Trinajstić information content (AvgIpc) is 2.43. The van der Waals surface area contributed by atoms with Crippen LogP contribution in [-0.2, 0) is 6.42 Å². The molecule has 2 rings (SSSR count). The molecular formula is C12H18N2P4. The fraction of sp³-hybridized carbons (Fsp3) is 0.333. The zero-order chi connectivity index (χ0) is 13.0. The van der Waals surface area contributed by atoms with Crippen molar-refractivity contribution in [1.82, 2.24) is 9.97 Å². The first-order valence-electron chi connectivity index (χ1n) is 6.03. The van der Waals surface area contributed by atoms with E-state index in [2.05, 4.69) is 36.9 Å². The van der Waals surface area contributed by atoms with Gasteiger partial charge in [-0.05, 0) is 32.3 Å². The Kier molecular flexibility index (Phi) is 5.85. The van der Waals surface area contributed by atoms with E-state index in [4.69, 9.17) is 9.97 Å². The van der Waals surface area contributed by atoms with Gasteiger partial charge >= 0.3 is 0 Å². The molecule has 0 aliphatic heterocycles. The van der Waals surface area contributed by atoms with Gasteiger partial charge in [-0.2, -0.15) is 0 Å². The molecule has 2 aromatic rings. The van der Waals surface area contributed by atoms with E-state index in [1.165, 1.54) is 24.0 Å². The molecule has 4 unspecified atom stereocenters. The Morgan fingerprint density at radius 2 is 1.89 bits per heavy atom. The van der Waals surface area contributed by atoms with Gasteiger partial charge in [-0.3, -0.25) is 0 Å². The predicted molar refractivity (Wildman–Crippen MR) is 92.4 cm³/mol. The van der Waals surface area contributed by atoms with Crippen LogP contribution in [0.3, 0.4) is 0 Å². The summed E-state index contributed by atoms with van der Waals surface area (Å²) in [5.41, 5.74) is 4.46. The van der Waals surface area contributed by atoms with Gasteiger partial charge in [0, 0.05) is 0 Å². The minimum absolute atomic E-state index is 0.250. The van der Waals surface area contributed by atoms with E-state index in [1.807, 2.05) is 12.1 Å². The largest absolute Gasteiger partial charge is 0.249 e. The highest BCUT2D eigenvalue weighted by Gasteiger charge is 2.13. The second-order valence-corrected chi connectivity index (χ2v) is 13.1. The molecular weight excluding hydrogens is 296 g/mol. The molecule has 0 radical (unpaired) electrons. The topological polar surface area (TPSA) is 25.8 Å². The normalized spacial score (nSPS) is 13.5. The number of aryl methyl sites for hydroxylation is 1. The van der Waals surface area contributed by atoms with Crippen LogP contribution in [0, 0.1) is 0 Å². The van der Waals surface area contributed by atoms with Gasteiger partial charge in [0.25, 0.3) is 0 Å². The Hall–Kier alpha value is 0.280. The van der Waals surface area contributed by atoms with E-state index in [0.717, 1.165) is 25.4 Å². The van der Waals surface area contributed by atoms with Gasteiger partial charge in [0.15, 0.2) is 0 Å². The molecule has 6 heteroatoms. The number of unbranched alkanes of at least 4 members (excludes halogenated alkanes) is 1. The molecule has 0 spiro atoms. The van der Waals surface area contributed by atoms with Crippen LogP contribution in [0.5, 0.6) is 0 Å². The van der Waals surface area contributed by atoms with Gasteiger partial charge in [-0.15, -0.1) is 17.9 Å². The highest BCUT2D eigenvalue weighted by atomic mass is 32.6. The summed E-state index contributed by atoms with van der Waals surface area (Å²) in [4.78, 5) is 9.66. The molecule has 1 aromatic carbocycles. The molecule has 96 valence electrons. The SMILES string of the molecule is CCCCc1nc2ccccc2nc1P(P)PP. The zero-order valence-corrected chi connectivity index (χ0v) is 14.6. The van der Waals surface area contributed by atoms with Crippen LogP contribution < -0.4 is 5.44 Å². The molecule has 0 amide bonds. The number of rotatable bonds is 5. The van der Waals surface area contributed by atoms with E-state index in [0.29, 0.717) is 0 Å². The maximum atomic E-state index is 4.84. The molecule has 0 bridgehead atoms. The van der Waals surface area contributed by atoms with Crippen molar-refractivity contribution in [3.8, 4) is 0 Å². The van der Waals surface area contributed by atoms with Gasteiger partial charge in [0.1, 0.15) is 0 Å². The second kappa shape index (κ2) is 7.17. The van der Waals surface area contributed by atoms with Crippen LogP contribution >= 0.6 is 33.1 Å². The predicted octanol–water partition coefficient (Wildman–Crippen LogP) is 4.25. The molecule has 4 atom stereocenters. The highest BCUT2D eigenvalue weighted by molar-refractivity contribution is 8.63. The van der Waals surface area contributed by atoms with Gasteiger partial charge in [-0.25, -0.2) is 9.97 Å². The smallest absolute Gasteiger partial charge is 0.0934 e. The average molecular weight is 314 g/mol. The van der Waals surface area contributed by atoms with Gasteiger partial charge in [0.05, 0.1) is 22.2 Å². The van der Waals surface area contributed by atoms with Crippen molar-refractivity contribution >= 4 is 49.6 Å². The van der Waals surface area contributed by atoms with Crippen molar-refractivity contribution in [1.29, 1.82) is 0 Å².